The molecule has 2 fully saturated rings. The summed E-state index contributed by atoms with van der Waals surface area (Å²) in [6, 6.07) is 13.9. The minimum atomic E-state index is -1.01. The summed E-state index contributed by atoms with van der Waals surface area (Å²) in [7, 11) is 0. The highest BCUT2D eigenvalue weighted by Gasteiger charge is 2.31. The molecule has 0 bridgehead atoms. The first-order valence-corrected chi connectivity index (χ1v) is 15.2. The molecule has 0 spiro atoms. The first-order chi connectivity index (χ1) is 21.2. The van der Waals surface area contributed by atoms with E-state index in [0.29, 0.717) is 65.4 Å². The number of nitrogens with zero attached hydrogens (tertiary/aromatic N) is 2. The molecule has 3 aromatic carbocycles. The van der Waals surface area contributed by atoms with Gasteiger partial charge < -0.3 is 19.7 Å². The normalized spacial score (nSPS) is 16.6. The van der Waals surface area contributed by atoms with Crippen LogP contribution in [0, 0.1) is 11.6 Å². The van der Waals surface area contributed by atoms with Gasteiger partial charge in [0.2, 0.25) is 0 Å². The van der Waals surface area contributed by atoms with Crippen molar-refractivity contribution in [2.24, 2.45) is 0 Å². The second kappa shape index (κ2) is 14.4. The van der Waals surface area contributed by atoms with Gasteiger partial charge in [-0.15, -0.1) is 0 Å². The number of thioether (sulfide) groups is 1. The molecule has 0 radical (unpaired) electrons. The zero-order valence-electron chi connectivity index (χ0n) is 23.6. The third-order valence-corrected chi connectivity index (χ3v) is 8.76. The molecule has 12 heteroatoms. The molecule has 0 saturated carbocycles. The van der Waals surface area contributed by atoms with Crippen molar-refractivity contribution in [3.05, 3.63) is 93.4 Å². The quantitative estimate of drug-likeness (QED) is 0.222. The van der Waals surface area contributed by atoms with Crippen LogP contribution in [0.2, 0.25) is 0 Å². The topological polar surface area (TPSA) is 99.5 Å². The Bertz CT molecular complexity index is 1570. The van der Waals surface area contributed by atoms with Crippen molar-refractivity contribution in [2.75, 3.05) is 46.0 Å². The number of hydrogen-bond acceptors (Lipinski definition) is 8. The van der Waals surface area contributed by atoms with E-state index in [0.717, 1.165) is 42.5 Å². The molecule has 0 atom stereocenters. The van der Waals surface area contributed by atoms with Gasteiger partial charge in [0.25, 0.3) is 5.91 Å². The second-order valence-electron chi connectivity index (χ2n) is 10.2. The molecule has 2 heterocycles. The molecule has 0 unspecified atom stereocenters. The molecule has 3 aromatic rings. The summed E-state index contributed by atoms with van der Waals surface area (Å²) < 4.78 is 41.2. The Labute approximate surface area is 262 Å². The van der Waals surface area contributed by atoms with Gasteiger partial charge in [0.15, 0.2) is 0 Å². The van der Waals surface area contributed by atoms with Crippen LogP contribution in [0.4, 0.5) is 8.78 Å². The van der Waals surface area contributed by atoms with Gasteiger partial charge in [-0.05, 0) is 65.6 Å². The standard InChI is InChI=1S/C32H30F2N2O6S2/c33-26-17-23(18-27(34)25(26)19-37)24-15-21(3-6-28(24)42-14-11-35-9-12-41-13-10-35)16-29-30(38)36(32(43)44-29)8-7-20-1-4-22(5-2-20)31(39)40/h1-6,15-18,37H,7-14,19H2,(H,39,40). The number of carbonyl (C=O) groups is 2. The predicted molar refractivity (Wildman–Crippen MR) is 167 cm³/mol. The van der Waals surface area contributed by atoms with E-state index < -0.39 is 29.8 Å². The first-order valence-electron chi connectivity index (χ1n) is 14.0. The number of hydrogen-bond donors (Lipinski definition) is 2. The molecule has 0 aromatic heterocycles. The maximum absolute atomic E-state index is 14.7. The number of morpholine rings is 1. The highest BCUT2D eigenvalue weighted by molar-refractivity contribution is 8.26. The van der Waals surface area contributed by atoms with Crippen molar-refractivity contribution >= 4 is 46.3 Å². The number of thiocarbonyl (C=S) groups is 1. The van der Waals surface area contributed by atoms with E-state index in [1.54, 1.807) is 36.4 Å². The fraction of sp³-hybridized carbons (Fsp3) is 0.281. The molecule has 0 aliphatic carbocycles. The number of aliphatic hydroxyl groups is 1. The van der Waals surface area contributed by atoms with Gasteiger partial charge >= 0.3 is 5.97 Å². The molecule has 44 heavy (non-hydrogen) atoms. The number of carboxylic acids is 1. The van der Waals surface area contributed by atoms with Gasteiger partial charge in [0, 0.05) is 37.3 Å². The SMILES string of the molecule is O=C(O)c1ccc(CCN2C(=O)C(=Cc3ccc(OCCN4CCOCC4)c(-c4cc(F)c(CO)c(F)c4)c3)SC2=S)cc1. The van der Waals surface area contributed by atoms with Crippen molar-refractivity contribution in [3.8, 4) is 16.9 Å². The molecular formula is C32H30F2N2O6S2. The van der Waals surface area contributed by atoms with Crippen molar-refractivity contribution < 1.29 is 38.1 Å². The van der Waals surface area contributed by atoms with Crippen LogP contribution in [-0.2, 0) is 22.6 Å². The monoisotopic (exact) mass is 640 g/mol. The zero-order valence-corrected chi connectivity index (χ0v) is 25.3. The van der Waals surface area contributed by atoms with Crippen LogP contribution in [0.15, 0.2) is 59.5 Å². The third-order valence-electron chi connectivity index (χ3n) is 7.38. The van der Waals surface area contributed by atoms with Crippen LogP contribution < -0.4 is 4.74 Å². The van der Waals surface area contributed by atoms with Crippen molar-refractivity contribution in [3.63, 3.8) is 0 Å². The number of carbonyl (C=O) groups excluding carboxylic acids is 1. The van der Waals surface area contributed by atoms with Gasteiger partial charge in [0.05, 0.1) is 30.3 Å². The van der Waals surface area contributed by atoms with E-state index in [2.05, 4.69) is 4.90 Å². The Kier molecular flexibility index (Phi) is 10.4. The summed E-state index contributed by atoms with van der Waals surface area (Å²) in [4.78, 5) is 28.5. The van der Waals surface area contributed by atoms with Crippen LogP contribution in [0.25, 0.3) is 17.2 Å². The smallest absolute Gasteiger partial charge is 0.335 e. The van der Waals surface area contributed by atoms with Crippen molar-refractivity contribution in [1.82, 2.24) is 9.80 Å². The van der Waals surface area contributed by atoms with Gasteiger partial charge in [0.1, 0.15) is 28.3 Å². The van der Waals surface area contributed by atoms with Crippen LogP contribution in [0.3, 0.4) is 0 Å². The largest absolute Gasteiger partial charge is 0.492 e. The van der Waals surface area contributed by atoms with Crippen LogP contribution in [0.5, 0.6) is 5.75 Å². The Morgan fingerprint density at radius 1 is 1.05 bits per heavy atom. The summed E-state index contributed by atoms with van der Waals surface area (Å²) >= 11 is 6.63. The summed E-state index contributed by atoms with van der Waals surface area (Å²) in [6.45, 7) is 3.46. The van der Waals surface area contributed by atoms with Gasteiger partial charge in [-0.3, -0.25) is 14.6 Å². The molecule has 8 nitrogen and oxygen atoms in total. The highest BCUT2D eigenvalue weighted by Crippen LogP contribution is 2.37. The molecular weight excluding hydrogens is 610 g/mol. The highest BCUT2D eigenvalue weighted by atomic mass is 32.2. The van der Waals surface area contributed by atoms with E-state index in [4.69, 9.17) is 26.8 Å². The number of ether oxygens (including phenoxy) is 2. The van der Waals surface area contributed by atoms with E-state index in [1.807, 2.05) is 0 Å². The zero-order chi connectivity index (χ0) is 31.2. The van der Waals surface area contributed by atoms with Crippen LogP contribution in [0.1, 0.15) is 27.0 Å². The van der Waals surface area contributed by atoms with Crippen LogP contribution >= 0.6 is 24.0 Å². The summed E-state index contributed by atoms with van der Waals surface area (Å²) in [5.74, 6) is -2.59. The third kappa shape index (κ3) is 7.51. The van der Waals surface area contributed by atoms with Gasteiger partial charge in [-0.2, -0.15) is 0 Å². The van der Waals surface area contributed by atoms with E-state index in [-0.39, 0.29) is 17.0 Å². The van der Waals surface area contributed by atoms with E-state index in [1.165, 1.54) is 17.0 Å². The Hall–Kier alpha value is -3.68. The number of rotatable bonds is 11. The number of benzene rings is 3. The molecule has 1 amide bonds. The number of halogens is 2. The number of carboxylic acid groups (broad SMARTS) is 1. The van der Waals surface area contributed by atoms with Crippen molar-refractivity contribution in [2.45, 2.75) is 13.0 Å². The fourth-order valence-electron chi connectivity index (χ4n) is 4.91. The Morgan fingerprint density at radius 3 is 2.41 bits per heavy atom. The lowest BCUT2D eigenvalue weighted by Crippen LogP contribution is -2.38. The molecule has 2 saturated heterocycles. The Morgan fingerprint density at radius 2 is 1.75 bits per heavy atom. The summed E-state index contributed by atoms with van der Waals surface area (Å²) in [5.41, 5.74) is 1.91. The molecule has 5 rings (SSSR count). The lowest BCUT2D eigenvalue weighted by molar-refractivity contribution is -0.122. The Balaban J connectivity index is 1.36. The fourth-order valence-corrected chi connectivity index (χ4v) is 6.22. The van der Waals surface area contributed by atoms with E-state index >= 15 is 0 Å². The number of amides is 1. The minimum Gasteiger partial charge on any atom is -0.492 e. The lowest BCUT2D eigenvalue weighted by Gasteiger charge is -2.26. The maximum atomic E-state index is 14.7. The first kappa shape index (κ1) is 31.7. The average molecular weight is 641 g/mol. The predicted octanol–water partition coefficient (Wildman–Crippen LogP) is 4.98. The van der Waals surface area contributed by atoms with Gasteiger partial charge in [-0.25, -0.2) is 13.6 Å². The lowest BCUT2D eigenvalue weighted by atomic mass is 9.99. The molecule has 2 aliphatic heterocycles. The summed E-state index contributed by atoms with van der Waals surface area (Å²) in [5, 5.41) is 18.5. The molecule has 2 N–H and O–H groups in total. The number of aromatic carboxylic acids is 1. The van der Waals surface area contributed by atoms with Gasteiger partial charge in [-0.1, -0.05) is 42.2 Å². The van der Waals surface area contributed by atoms with E-state index in [9.17, 15) is 23.5 Å². The summed E-state index contributed by atoms with van der Waals surface area (Å²) in [6.07, 6.45) is 2.16. The van der Waals surface area contributed by atoms with Crippen LogP contribution in [-0.4, -0.2) is 82.2 Å². The average Bonchev–Trinajstić information content (AvgIpc) is 3.28. The molecule has 230 valence electrons. The minimum absolute atomic E-state index is 0.185. The van der Waals surface area contributed by atoms with Crippen molar-refractivity contribution in [1.29, 1.82) is 0 Å². The second-order valence-corrected chi connectivity index (χ2v) is 11.9. The maximum Gasteiger partial charge on any atom is 0.335 e. The number of aliphatic hydroxyl groups excluding tert-OH is 1. The molecule has 2 aliphatic rings.